The highest BCUT2D eigenvalue weighted by Crippen LogP contribution is 2.23. The Kier molecular flexibility index (Phi) is 5.40. The molecule has 0 spiro atoms. The molecule has 1 heterocycles. The minimum Gasteiger partial charge on any atom is -0.396 e. The fraction of sp³-hybridized carbons (Fsp3) is 0.923. The maximum absolute atomic E-state index is 8.97. The third-order valence-electron chi connectivity index (χ3n) is 3.92. The molecule has 4 heteroatoms. The van der Waals surface area contributed by atoms with Crippen LogP contribution in [0.15, 0.2) is 0 Å². The highest BCUT2D eigenvalue weighted by atomic mass is 16.3. The second kappa shape index (κ2) is 6.36. The molecule has 1 atom stereocenters. The lowest BCUT2D eigenvalue weighted by molar-refractivity contribution is 0.139. The predicted molar refractivity (Wildman–Crippen MR) is 71.2 cm³/mol. The van der Waals surface area contributed by atoms with Crippen molar-refractivity contribution in [3.05, 3.63) is 0 Å². The quantitative estimate of drug-likeness (QED) is 0.486. The third-order valence-corrected chi connectivity index (χ3v) is 3.92. The van der Waals surface area contributed by atoms with Gasteiger partial charge < -0.3 is 15.7 Å². The number of nitrogens with one attached hydrogen (secondary N) is 1. The van der Waals surface area contributed by atoms with Crippen LogP contribution in [0.2, 0.25) is 0 Å². The van der Waals surface area contributed by atoms with Gasteiger partial charge in [-0.3, -0.25) is 5.41 Å². The first-order valence-electron chi connectivity index (χ1n) is 6.63. The minimum atomic E-state index is -0.191. The number of aliphatic hydroxyl groups excluding tert-OH is 1. The summed E-state index contributed by atoms with van der Waals surface area (Å²) in [6.07, 6.45) is 4.33. The summed E-state index contributed by atoms with van der Waals surface area (Å²) in [6.45, 7) is 7.62. The molecule has 0 aliphatic carbocycles. The SMILES string of the molecule is CC(C)(CCN1CCCC(CCO)C1)C(=N)N. The molecule has 17 heavy (non-hydrogen) atoms. The van der Waals surface area contributed by atoms with Crippen LogP contribution in [0.1, 0.15) is 39.5 Å². The molecule has 0 bridgehead atoms. The molecule has 4 N–H and O–H groups in total. The van der Waals surface area contributed by atoms with E-state index in [4.69, 9.17) is 16.2 Å². The number of hydrogen-bond acceptors (Lipinski definition) is 3. The molecule has 4 nitrogen and oxygen atoms in total. The van der Waals surface area contributed by atoms with E-state index in [1.165, 1.54) is 12.8 Å². The van der Waals surface area contributed by atoms with Gasteiger partial charge in [0.1, 0.15) is 0 Å². The molecular weight excluding hydrogens is 214 g/mol. The summed E-state index contributed by atoms with van der Waals surface area (Å²) in [7, 11) is 0. The largest absolute Gasteiger partial charge is 0.396 e. The first kappa shape index (κ1) is 14.5. The monoisotopic (exact) mass is 241 g/mol. The van der Waals surface area contributed by atoms with Gasteiger partial charge in [-0.2, -0.15) is 0 Å². The van der Waals surface area contributed by atoms with Crippen molar-refractivity contribution in [2.24, 2.45) is 17.1 Å². The lowest BCUT2D eigenvalue weighted by Gasteiger charge is -2.34. The Hall–Kier alpha value is -0.610. The molecule has 1 saturated heterocycles. The van der Waals surface area contributed by atoms with Crippen molar-refractivity contribution in [1.82, 2.24) is 4.90 Å². The van der Waals surface area contributed by atoms with Crippen LogP contribution in [0, 0.1) is 16.7 Å². The van der Waals surface area contributed by atoms with E-state index in [1.54, 1.807) is 0 Å². The van der Waals surface area contributed by atoms with Crippen molar-refractivity contribution in [2.75, 3.05) is 26.2 Å². The average Bonchev–Trinajstić information content (AvgIpc) is 2.27. The average molecular weight is 241 g/mol. The van der Waals surface area contributed by atoms with Crippen LogP contribution in [0.3, 0.4) is 0 Å². The Morgan fingerprint density at radius 1 is 1.53 bits per heavy atom. The van der Waals surface area contributed by atoms with E-state index in [0.717, 1.165) is 32.5 Å². The highest BCUT2D eigenvalue weighted by Gasteiger charge is 2.25. The number of aliphatic hydroxyl groups is 1. The summed E-state index contributed by atoms with van der Waals surface area (Å²) in [4.78, 5) is 2.45. The number of rotatable bonds is 6. The molecule has 0 aromatic rings. The van der Waals surface area contributed by atoms with Crippen LogP contribution in [0.4, 0.5) is 0 Å². The molecule has 0 aromatic heterocycles. The Morgan fingerprint density at radius 2 is 2.24 bits per heavy atom. The number of hydrogen-bond donors (Lipinski definition) is 3. The van der Waals surface area contributed by atoms with E-state index < -0.39 is 0 Å². The Morgan fingerprint density at radius 3 is 2.82 bits per heavy atom. The normalized spacial score (nSPS) is 22.6. The van der Waals surface area contributed by atoms with Crippen molar-refractivity contribution in [3.8, 4) is 0 Å². The molecule has 0 saturated carbocycles. The van der Waals surface area contributed by atoms with Crippen LogP contribution in [0.25, 0.3) is 0 Å². The Balaban J connectivity index is 2.34. The van der Waals surface area contributed by atoms with E-state index in [9.17, 15) is 0 Å². The number of amidine groups is 1. The van der Waals surface area contributed by atoms with Gasteiger partial charge in [0.05, 0.1) is 5.84 Å². The molecule has 1 unspecified atom stereocenters. The van der Waals surface area contributed by atoms with Gasteiger partial charge in [-0.1, -0.05) is 13.8 Å². The third kappa shape index (κ3) is 4.64. The maximum Gasteiger partial charge on any atom is 0.0963 e. The zero-order valence-electron chi connectivity index (χ0n) is 11.2. The van der Waals surface area contributed by atoms with Crippen LogP contribution < -0.4 is 5.73 Å². The first-order chi connectivity index (χ1) is 7.95. The van der Waals surface area contributed by atoms with Crippen molar-refractivity contribution in [1.29, 1.82) is 5.41 Å². The lowest BCUT2D eigenvalue weighted by atomic mass is 9.87. The fourth-order valence-electron chi connectivity index (χ4n) is 2.34. The molecule has 1 fully saturated rings. The second-order valence-electron chi connectivity index (χ2n) is 5.87. The van der Waals surface area contributed by atoms with Crippen molar-refractivity contribution in [2.45, 2.75) is 39.5 Å². The smallest absolute Gasteiger partial charge is 0.0963 e. The van der Waals surface area contributed by atoms with Gasteiger partial charge >= 0.3 is 0 Å². The number of piperidine rings is 1. The van der Waals surface area contributed by atoms with Gasteiger partial charge in [0.15, 0.2) is 0 Å². The number of nitrogens with two attached hydrogens (primary N) is 1. The van der Waals surface area contributed by atoms with Crippen molar-refractivity contribution in [3.63, 3.8) is 0 Å². The molecule has 1 rings (SSSR count). The highest BCUT2D eigenvalue weighted by molar-refractivity contribution is 5.82. The van der Waals surface area contributed by atoms with Crippen LogP contribution in [0.5, 0.6) is 0 Å². The fourth-order valence-corrected chi connectivity index (χ4v) is 2.34. The Bertz CT molecular complexity index is 251. The van der Waals surface area contributed by atoms with E-state index in [2.05, 4.69) is 4.90 Å². The predicted octanol–water partition coefficient (Wildman–Crippen LogP) is 1.43. The van der Waals surface area contributed by atoms with Gasteiger partial charge in [0, 0.05) is 18.6 Å². The van der Waals surface area contributed by atoms with Gasteiger partial charge in [0.2, 0.25) is 0 Å². The van der Waals surface area contributed by atoms with Gasteiger partial charge in [0.25, 0.3) is 0 Å². The van der Waals surface area contributed by atoms with E-state index >= 15 is 0 Å². The molecule has 0 aromatic carbocycles. The number of nitrogens with zero attached hydrogens (tertiary/aromatic N) is 1. The molecule has 0 radical (unpaired) electrons. The second-order valence-corrected chi connectivity index (χ2v) is 5.87. The van der Waals surface area contributed by atoms with E-state index in [-0.39, 0.29) is 11.3 Å². The summed E-state index contributed by atoms with van der Waals surface area (Å²) in [5.41, 5.74) is 5.40. The van der Waals surface area contributed by atoms with Gasteiger partial charge in [-0.05, 0) is 44.7 Å². The topological polar surface area (TPSA) is 73.3 Å². The van der Waals surface area contributed by atoms with Gasteiger partial charge in [-0.25, -0.2) is 0 Å². The summed E-state index contributed by atoms with van der Waals surface area (Å²) >= 11 is 0. The number of likely N-dealkylation sites (tertiary alicyclic amines) is 1. The van der Waals surface area contributed by atoms with Crippen LogP contribution in [-0.4, -0.2) is 42.1 Å². The zero-order valence-corrected chi connectivity index (χ0v) is 11.2. The van der Waals surface area contributed by atoms with Crippen molar-refractivity contribution < 1.29 is 5.11 Å². The summed E-state index contributed by atoms with van der Waals surface area (Å²) in [5.74, 6) is 0.926. The molecule has 1 aliphatic rings. The maximum atomic E-state index is 8.97. The standard InChI is InChI=1S/C13H27N3O/c1-13(2,12(14)15)6-8-16-7-3-4-11(10-16)5-9-17/h11,17H,3-10H2,1-2H3,(H3,14,15). The lowest BCUT2D eigenvalue weighted by Crippen LogP contribution is -2.40. The van der Waals surface area contributed by atoms with Gasteiger partial charge in [-0.15, -0.1) is 0 Å². The molecule has 100 valence electrons. The van der Waals surface area contributed by atoms with E-state index in [1.807, 2.05) is 13.8 Å². The van der Waals surface area contributed by atoms with Crippen LogP contribution in [-0.2, 0) is 0 Å². The Labute approximate surface area is 105 Å². The minimum absolute atomic E-state index is 0.191. The van der Waals surface area contributed by atoms with Crippen LogP contribution >= 0.6 is 0 Å². The molecular formula is C13H27N3O. The molecule has 1 aliphatic heterocycles. The van der Waals surface area contributed by atoms with E-state index in [0.29, 0.717) is 12.5 Å². The zero-order chi connectivity index (χ0) is 12.9. The summed E-state index contributed by atoms with van der Waals surface area (Å²) in [5, 5.41) is 16.5. The first-order valence-corrected chi connectivity index (χ1v) is 6.63. The summed E-state index contributed by atoms with van der Waals surface area (Å²) in [6, 6.07) is 0. The van der Waals surface area contributed by atoms with Crippen molar-refractivity contribution >= 4 is 5.84 Å². The molecule has 0 amide bonds. The summed E-state index contributed by atoms with van der Waals surface area (Å²) < 4.78 is 0.